The van der Waals surface area contributed by atoms with Crippen molar-refractivity contribution in [2.24, 2.45) is 16.6 Å². The van der Waals surface area contributed by atoms with Crippen LogP contribution in [-0.2, 0) is 4.74 Å². The first-order chi connectivity index (χ1) is 8.59. The number of carbonyl (C=O) groups excluding carboxylic acids is 1. The average molecular weight is 269 g/mol. The van der Waals surface area contributed by atoms with Gasteiger partial charge in [0.2, 0.25) is 5.82 Å². The summed E-state index contributed by atoms with van der Waals surface area (Å²) in [6, 6.07) is 0. The molecule has 1 amide bonds. The number of amides is 1. The smallest absolute Gasteiger partial charge is 0.405 e. The minimum atomic E-state index is -0.832. The molecular formula is C12H23N5O2. The summed E-state index contributed by atoms with van der Waals surface area (Å²) in [5.41, 5.74) is 5.23. The topological polar surface area (TPSA) is 107 Å². The third-order valence-electron chi connectivity index (χ3n) is 2.65. The molecule has 1 heterocycles. The fraction of sp³-hybridized carbons (Fsp3) is 0.833. The van der Waals surface area contributed by atoms with Crippen molar-refractivity contribution in [1.29, 1.82) is 0 Å². The highest BCUT2D eigenvalue weighted by atomic mass is 16.6. The number of primary amides is 1. The Balaban J connectivity index is 2.80. The summed E-state index contributed by atoms with van der Waals surface area (Å²) in [4.78, 5) is 11.0. The van der Waals surface area contributed by atoms with Gasteiger partial charge < -0.3 is 10.5 Å². The first-order valence-corrected chi connectivity index (χ1v) is 6.28. The molecule has 7 nitrogen and oxygen atoms in total. The summed E-state index contributed by atoms with van der Waals surface area (Å²) in [6.45, 7) is 10.8. The zero-order chi connectivity index (χ0) is 14.7. The Morgan fingerprint density at radius 1 is 1.37 bits per heavy atom. The number of hydrogen-bond donors (Lipinski definition) is 2. The number of tetrazole rings is 1. The van der Waals surface area contributed by atoms with Crippen LogP contribution in [0.2, 0.25) is 0 Å². The third kappa shape index (κ3) is 5.67. The lowest BCUT2D eigenvalue weighted by molar-refractivity contribution is 0.0568. The van der Waals surface area contributed by atoms with E-state index in [1.54, 1.807) is 0 Å². The summed E-state index contributed by atoms with van der Waals surface area (Å²) < 4.78 is 5.10. The van der Waals surface area contributed by atoms with Gasteiger partial charge >= 0.3 is 6.09 Å². The van der Waals surface area contributed by atoms with Crippen LogP contribution in [0, 0.1) is 10.8 Å². The van der Waals surface area contributed by atoms with Gasteiger partial charge in [-0.1, -0.05) is 39.8 Å². The fourth-order valence-corrected chi connectivity index (χ4v) is 2.64. The van der Waals surface area contributed by atoms with Crippen molar-refractivity contribution < 1.29 is 9.53 Å². The van der Waals surface area contributed by atoms with Crippen molar-refractivity contribution >= 4 is 6.09 Å². The molecule has 3 N–H and O–H groups in total. The Kier molecular flexibility index (Phi) is 4.49. The second-order valence-electron chi connectivity index (χ2n) is 6.80. The maximum absolute atomic E-state index is 11.0. The Bertz CT molecular complexity index is 408. The van der Waals surface area contributed by atoms with E-state index in [9.17, 15) is 4.79 Å². The Morgan fingerprint density at radius 2 is 2.00 bits per heavy atom. The molecule has 0 aliphatic carbocycles. The van der Waals surface area contributed by atoms with Gasteiger partial charge in [-0.05, 0) is 23.7 Å². The molecule has 1 aromatic heterocycles. The van der Waals surface area contributed by atoms with E-state index in [1.807, 2.05) is 0 Å². The van der Waals surface area contributed by atoms with Crippen molar-refractivity contribution in [3.63, 3.8) is 0 Å². The number of aromatic amines is 1. The predicted octanol–water partition coefficient (Wildman–Crippen LogP) is 2.19. The van der Waals surface area contributed by atoms with Gasteiger partial charge in [-0.3, -0.25) is 0 Å². The molecule has 1 rings (SSSR count). The standard InChI is InChI=1S/C12H23N5O2/c1-11(2,3)7-12(4,5)6-8(19-10(13)18)9-14-16-17-15-9/h8H,6-7H2,1-5H3,(H2,13,18)(H,14,15,16,17)/t8-/m0/s1. The molecule has 7 heteroatoms. The molecule has 108 valence electrons. The van der Waals surface area contributed by atoms with Crippen LogP contribution >= 0.6 is 0 Å². The minimum absolute atomic E-state index is 0.0427. The van der Waals surface area contributed by atoms with Gasteiger partial charge in [0.05, 0.1) is 0 Å². The number of nitrogens with zero attached hydrogens (tertiary/aromatic N) is 3. The lowest BCUT2D eigenvalue weighted by Crippen LogP contribution is -2.27. The quantitative estimate of drug-likeness (QED) is 0.852. The van der Waals surface area contributed by atoms with Crippen molar-refractivity contribution in [2.75, 3.05) is 0 Å². The summed E-state index contributed by atoms with van der Waals surface area (Å²) >= 11 is 0. The third-order valence-corrected chi connectivity index (χ3v) is 2.65. The van der Waals surface area contributed by atoms with Crippen molar-refractivity contribution in [1.82, 2.24) is 20.6 Å². The zero-order valence-corrected chi connectivity index (χ0v) is 12.2. The fourth-order valence-electron chi connectivity index (χ4n) is 2.64. The lowest BCUT2D eigenvalue weighted by Gasteiger charge is -2.34. The molecule has 0 saturated heterocycles. The summed E-state index contributed by atoms with van der Waals surface area (Å²) in [5, 5.41) is 13.6. The number of H-pyrrole nitrogens is 1. The number of nitrogens with two attached hydrogens (primary N) is 1. The number of carbonyl (C=O) groups is 1. The molecule has 0 aromatic carbocycles. The van der Waals surface area contributed by atoms with Crippen LogP contribution in [0.15, 0.2) is 0 Å². The molecule has 0 aliphatic rings. The molecule has 0 fully saturated rings. The summed E-state index contributed by atoms with van der Waals surface area (Å²) in [7, 11) is 0. The highest BCUT2D eigenvalue weighted by Gasteiger charge is 2.32. The monoisotopic (exact) mass is 269 g/mol. The molecule has 0 spiro atoms. The maximum Gasteiger partial charge on any atom is 0.405 e. The second kappa shape index (κ2) is 5.54. The SMILES string of the molecule is CC(C)(C)CC(C)(C)C[C@H](OC(N)=O)c1nn[nH]n1. The van der Waals surface area contributed by atoms with E-state index in [2.05, 4.69) is 55.2 Å². The van der Waals surface area contributed by atoms with E-state index >= 15 is 0 Å². The van der Waals surface area contributed by atoms with Crippen molar-refractivity contribution in [3.05, 3.63) is 5.82 Å². The molecule has 0 bridgehead atoms. The van der Waals surface area contributed by atoms with Crippen LogP contribution in [0.1, 0.15) is 59.4 Å². The highest BCUT2D eigenvalue weighted by molar-refractivity contribution is 5.64. The first kappa shape index (κ1) is 15.4. The lowest BCUT2D eigenvalue weighted by atomic mass is 9.73. The summed E-state index contributed by atoms with van der Waals surface area (Å²) in [6.07, 6.45) is 0.151. The van der Waals surface area contributed by atoms with Crippen LogP contribution in [0.25, 0.3) is 0 Å². The van der Waals surface area contributed by atoms with E-state index in [0.717, 1.165) is 6.42 Å². The molecular weight excluding hydrogens is 246 g/mol. The second-order valence-corrected chi connectivity index (χ2v) is 6.80. The van der Waals surface area contributed by atoms with Crippen LogP contribution in [0.3, 0.4) is 0 Å². The molecule has 1 aromatic rings. The van der Waals surface area contributed by atoms with E-state index < -0.39 is 12.2 Å². The molecule has 0 aliphatic heterocycles. The van der Waals surface area contributed by atoms with Gasteiger partial charge in [0.25, 0.3) is 0 Å². The predicted molar refractivity (Wildman–Crippen MR) is 70.1 cm³/mol. The Hall–Kier alpha value is -1.66. The number of rotatable bonds is 5. The molecule has 0 unspecified atom stereocenters. The van der Waals surface area contributed by atoms with Gasteiger partial charge in [0, 0.05) is 0 Å². The number of hydrogen-bond acceptors (Lipinski definition) is 5. The van der Waals surface area contributed by atoms with E-state index in [4.69, 9.17) is 10.5 Å². The van der Waals surface area contributed by atoms with Gasteiger partial charge in [0.15, 0.2) is 6.10 Å². The average Bonchev–Trinajstić information content (AvgIpc) is 2.62. The number of nitrogens with one attached hydrogen (secondary N) is 1. The van der Waals surface area contributed by atoms with Crippen LogP contribution in [-0.4, -0.2) is 26.7 Å². The molecule has 0 saturated carbocycles. The Labute approximate surface area is 113 Å². The van der Waals surface area contributed by atoms with E-state index in [1.165, 1.54) is 0 Å². The van der Waals surface area contributed by atoms with Crippen molar-refractivity contribution in [2.45, 2.75) is 53.6 Å². The largest absolute Gasteiger partial charge is 0.438 e. The van der Waals surface area contributed by atoms with Crippen LogP contribution in [0.5, 0.6) is 0 Å². The minimum Gasteiger partial charge on any atom is -0.438 e. The first-order valence-electron chi connectivity index (χ1n) is 6.28. The van der Waals surface area contributed by atoms with Gasteiger partial charge in [-0.25, -0.2) is 4.79 Å². The van der Waals surface area contributed by atoms with Crippen LogP contribution < -0.4 is 5.73 Å². The van der Waals surface area contributed by atoms with Crippen LogP contribution in [0.4, 0.5) is 4.79 Å². The maximum atomic E-state index is 11.0. The molecule has 0 radical (unpaired) electrons. The van der Waals surface area contributed by atoms with Gasteiger partial charge in [0.1, 0.15) is 0 Å². The van der Waals surface area contributed by atoms with E-state index in [0.29, 0.717) is 12.2 Å². The zero-order valence-electron chi connectivity index (χ0n) is 12.2. The normalized spacial score (nSPS) is 14.2. The summed E-state index contributed by atoms with van der Waals surface area (Å²) in [5.74, 6) is 0.348. The number of aromatic nitrogens is 4. The molecule has 1 atom stereocenters. The highest BCUT2D eigenvalue weighted by Crippen LogP contribution is 2.40. The van der Waals surface area contributed by atoms with Crippen molar-refractivity contribution in [3.8, 4) is 0 Å². The molecule has 19 heavy (non-hydrogen) atoms. The Morgan fingerprint density at radius 3 is 2.42 bits per heavy atom. The van der Waals surface area contributed by atoms with E-state index in [-0.39, 0.29) is 10.8 Å². The van der Waals surface area contributed by atoms with Gasteiger partial charge in [-0.2, -0.15) is 5.21 Å². The van der Waals surface area contributed by atoms with Gasteiger partial charge in [-0.15, -0.1) is 10.2 Å². The number of ether oxygens (including phenoxy) is 1.